The van der Waals surface area contributed by atoms with E-state index in [1.54, 1.807) is 30.3 Å². The molecule has 0 saturated heterocycles. The smallest absolute Gasteiger partial charge is 0.258 e. The SMILES string of the molecule is O=C(COc1ccc(Cl)cc1Br)NCc1cccc(F)c1. The molecule has 0 aliphatic heterocycles. The number of hydrogen-bond acceptors (Lipinski definition) is 2. The van der Waals surface area contributed by atoms with Crippen LogP contribution in [0.25, 0.3) is 0 Å². The predicted molar refractivity (Wildman–Crippen MR) is 82.9 cm³/mol. The Morgan fingerprint density at radius 3 is 2.81 bits per heavy atom. The third kappa shape index (κ3) is 5.02. The van der Waals surface area contributed by atoms with E-state index in [2.05, 4.69) is 21.2 Å². The van der Waals surface area contributed by atoms with Crippen molar-refractivity contribution in [1.29, 1.82) is 0 Å². The van der Waals surface area contributed by atoms with Crippen molar-refractivity contribution in [3.8, 4) is 5.75 Å². The topological polar surface area (TPSA) is 38.3 Å². The van der Waals surface area contributed by atoms with Crippen LogP contribution in [0.2, 0.25) is 5.02 Å². The van der Waals surface area contributed by atoms with Crippen molar-refractivity contribution < 1.29 is 13.9 Å². The lowest BCUT2D eigenvalue weighted by Gasteiger charge is -2.09. The number of rotatable bonds is 5. The van der Waals surface area contributed by atoms with Crippen molar-refractivity contribution in [2.75, 3.05) is 6.61 Å². The van der Waals surface area contributed by atoms with Gasteiger partial charge in [0.15, 0.2) is 6.61 Å². The van der Waals surface area contributed by atoms with Gasteiger partial charge in [-0.15, -0.1) is 0 Å². The molecule has 0 atom stereocenters. The van der Waals surface area contributed by atoms with E-state index in [-0.39, 0.29) is 24.9 Å². The highest BCUT2D eigenvalue weighted by molar-refractivity contribution is 9.10. The second kappa shape index (κ2) is 7.43. The van der Waals surface area contributed by atoms with E-state index in [0.29, 0.717) is 20.8 Å². The number of hydrogen-bond donors (Lipinski definition) is 1. The van der Waals surface area contributed by atoms with Gasteiger partial charge >= 0.3 is 0 Å². The van der Waals surface area contributed by atoms with Gasteiger partial charge in [-0.25, -0.2) is 4.39 Å². The van der Waals surface area contributed by atoms with Gasteiger partial charge in [0, 0.05) is 11.6 Å². The largest absolute Gasteiger partial charge is 0.483 e. The van der Waals surface area contributed by atoms with Crippen LogP contribution in [-0.2, 0) is 11.3 Å². The molecule has 2 aromatic rings. The molecule has 110 valence electrons. The molecule has 3 nitrogen and oxygen atoms in total. The minimum atomic E-state index is -0.330. The third-order valence-electron chi connectivity index (χ3n) is 2.63. The summed E-state index contributed by atoms with van der Waals surface area (Å²) in [7, 11) is 0. The summed E-state index contributed by atoms with van der Waals surface area (Å²) in [4.78, 5) is 11.7. The molecule has 1 N–H and O–H groups in total. The Balaban J connectivity index is 1.82. The van der Waals surface area contributed by atoms with E-state index in [1.165, 1.54) is 12.1 Å². The highest BCUT2D eigenvalue weighted by Gasteiger charge is 2.06. The number of ether oxygens (including phenoxy) is 1. The summed E-state index contributed by atoms with van der Waals surface area (Å²) >= 11 is 9.11. The van der Waals surface area contributed by atoms with Crippen LogP contribution < -0.4 is 10.1 Å². The fraction of sp³-hybridized carbons (Fsp3) is 0.133. The molecule has 0 radical (unpaired) electrons. The molecular formula is C15H12BrClFNO2. The molecular weight excluding hydrogens is 361 g/mol. The Morgan fingerprint density at radius 1 is 1.29 bits per heavy atom. The van der Waals surface area contributed by atoms with Gasteiger partial charge in [0.1, 0.15) is 11.6 Å². The number of carbonyl (C=O) groups is 1. The van der Waals surface area contributed by atoms with E-state index in [0.717, 1.165) is 0 Å². The fourth-order valence-electron chi connectivity index (χ4n) is 1.63. The molecule has 0 fully saturated rings. The van der Waals surface area contributed by atoms with E-state index in [4.69, 9.17) is 16.3 Å². The average molecular weight is 373 g/mol. The second-order valence-electron chi connectivity index (χ2n) is 4.27. The molecule has 0 aromatic heterocycles. The van der Waals surface area contributed by atoms with Gasteiger partial charge in [-0.3, -0.25) is 4.79 Å². The highest BCUT2D eigenvalue weighted by atomic mass is 79.9. The van der Waals surface area contributed by atoms with E-state index in [9.17, 15) is 9.18 Å². The second-order valence-corrected chi connectivity index (χ2v) is 5.56. The monoisotopic (exact) mass is 371 g/mol. The van der Waals surface area contributed by atoms with Crippen LogP contribution >= 0.6 is 27.5 Å². The standard InChI is InChI=1S/C15H12BrClFNO2/c16-13-7-11(17)4-5-14(13)21-9-15(20)19-8-10-2-1-3-12(18)6-10/h1-7H,8-9H2,(H,19,20). The lowest BCUT2D eigenvalue weighted by Crippen LogP contribution is -2.28. The zero-order valence-corrected chi connectivity index (χ0v) is 13.2. The van der Waals surface area contributed by atoms with Crippen molar-refractivity contribution >= 4 is 33.4 Å². The van der Waals surface area contributed by atoms with Crippen molar-refractivity contribution in [3.63, 3.8) is 0 Å². The van der Waals surface area contributed by atoms with Crippen LogP contribution in [0.4, 0.5) is 4.39 Å². The molecule has 0 bridgehead atoms. The molecule has 0 unspecified atom stereocenters. The van der Waals surface area contributed by atoms with Gasteiger partial charge in [0.25, 0.3) is 5.91 Å². The number of halogens is 3. The maximum absolute atomic E-state index is 13.0. The van der Waals surface area contributed by atoms with Crippen LogP contribution in [0.1, 0.15) is 5.56 Å². The number of benzene rings is 2. The summed E-state index contributed by atoms with van der Waals surface area (Å²) in [5, 5.41) is 3.23. The molecule has 0 aliphatic carbocycles. The van der Waals surface area contributed by atoms with E-state index >= 15 is 0 Å². The minimum Gasteiger partial charge on any atom is -0.483 e. The first-order chi connectivity index (χ1) is 10.0. The van der Waals surface area contributed by atoms with Gasteiger partial charge in [-0.05, 0) is 51.8 Å². The molecule has 0 heterocycles. The fourth-order valence-corrected chi connectivity index (χ4v) is 2.43. The minimum absolute atomic E-state index is 0.129. The lowest BCUT2D eigenvalue weighted by atomic mass is 10.2. The highest BCUT2D eigenvalue weighted by Crippen LogP contribution is 2.27. The summed E-state index contributed by atoms with van der Waals surface area (Å²) in [6.45, 7) is 0.122. The molecule has 2 aromatic carbocycles. The Bertz CT molecular complexity index is 651. The predicted octanol–water partition coefficient (Wildman–Crippen LogP) is 3.94. The van der Waals surface area contributed by atoms with Crippen LogP contribution in [-0.4, -0.2) is 12.5 Å². The summed E-state index contributed by atoms with van der Waals surface area (Å²) in [6, 6.07) is 11.1. The summed E-state index contributed by atoms with van der Waals surface area (Å²) < 4.78 is 19.0. The molecule has 0 spiro atoms. The number of carbonyl (C=O) groups excluding carboxylic acids is 1. The number of amides is 1. The van der Waals surface area contributed by atoms with Crippen molar-refractivity contribution in [3.05, 3.63) is 63.3 Å². The Morgan fingerprint density at radius 2 is 2.10 bits per heavy atom. The Hall–Kier alpha value is -1.59. The van der Waals surface area contributed by atoms with Crippen molar-refractivity contribution in [2.24, 2.45) is 0 Å². The van der Waals surface area contributed by atoms with Gasteiger partial charge < -0.3 is 10.1 Å². The maximum Gasteiger partial charge on any atom is 0.258 e. The lowest BCUT2D eigenvalue weighted by molar-refractivity contribution is -0.123. The quantitative estimate of drug-likeness (QED) is 0.863. The molecule has 6 heteroatoms. The average Bonchev–Trinajstić information content (AvgIpc) is 2.44. The first-order valence-corrected chi connectivity index (χ1v) is 7.30. The zero-order chi connectivity index (χ0) is 15.2. The van der Waals surface area contributed by atoms with Gasteiger partial charge in [-0.2, -0.15) is 0 Å². The molecule has 21 heavy (non-hydrogen) atoms. The first-order valence-electron chi connectivity index (χ1n) is 6.13. The van der Waals surface area contributed by atoms with Crippen LogP contribution in [0.3, 0.4) is 0 Å². The Kier molecular flexibility index (Phi) is 5.59. The molecule has 2 rings (SSSR count). The summed E-state index contributed by atoms with van der Waals surface area (Å²) in [5.41, 5.74) is 0.691. The van der Waals surface area contributed by atoms with Crippen LogP contribution in [0, 0.1) is 5.82 Å². The summed E-state index contributed by atoms with van der Waals surface area (Å²) in [6.07, 6.45) is 0. The van der Waals surface area contributed by atoms with Crippen molar-refractivity contribution in [2.45, 2.75) is 6.54 Å². The molecule has 0 saturated carbocycles. The normalized spacial score (nSPS) is 10.2. The van der Waals surface area contributed by atoms with Crippen LogP contribution in [0.5, 0.6) is 5.75 Å². The molecule has 0 aliphatic rings. The van der Waals surface area contributed by atoms with E-state index in [1.807, 2.05) is 0 Å². The van der Waals surface area contributed by atoms with Gasteiger partial charge in [-0.1, -0.05) is 23.7 Å². The van der Waals surface area contributed by atoms with Gasteiger partial charge in [0.2, 0.25) is 0 Å². The Labute approximate surface area is 135 Å². The maximum atomic E-state index is 13.0. The number of nitrogens with one attached hydrogen (secondary N) is 1. The zero-order valence-electron chi connectivity index (χ0n) is 10.9. The van der Waals surface area contributed by atoms with E-state index < -0.39 is 0 Å². The third-order valence-corrected chi connectivity index (χ3v) is 3.49. The first kappa shape index (κ1) is 15.8. The van der Waals surface area contributed by atoms with Gasteiger partial charge in [0.05, 0.1) is 4.47 Å². The molecule has 1 amide bonds. The summed E-state index contributed by atoms with van der Waals surface area (Å²) in [5.74, 6) is -0.0930. The van der Waals surface area contributed by atoms with Crippen LogP contribution in [0.15, 0.2) is 46.9 Å². The van der Waals surface area contributed by atoms with Crippen molar-refractivity contribution in [1.82, 2.24) is 5.32 Å².